The lowest BCUT2D eigenvalue weighted by Crippen LogP contribution is -2.32. The number of amides is 1. The molecule has 0 radical (unpaired) electrons. The van der Waals surface area contributed by atoms with E-state index in [2.05, 4.69) is 38.8 Å². The Kier molecular flexibility index (Phi) is 9.80. The van der Waals surface area contributed by atoms with Crippen LogP contribution < -0.4 is 0 Å². The Balaban J connectivity index is 2.56. The van der Waals surface area contributed by atoms with Crippen LogP contribution >= 0.6 is 43.2 Å². The van der Waals surface area contributed by atoms with Crippen molar-refractivity contribution in [3.63, 3.8) is 0 Å². The predicted molar refractivity (Wildman–Crippen MR) is 96.1 cm³/mol. The minimum absolute atomic E-state index is 0.0651. The van der Waals surface area contributed by atoms with Gasteiger partial charge in [-0.25, -0.2) is 0 Å². The number of hydrogen-bond acceptors (Lipinski definition) is 3. The molecular formula is C15H23Br2NO2S. The Bertz CT molecular complexity index is 418. The lowest BCUT2D eigenvalue weighted by atomic mass is 10.1. The SMILES string of the molecule is CCCCCCCN(CCCO)C(=O)c1cc(Br)c(Br)s1. The van der Waals surface area contributed by atoms with Gasteiger partial charge in [-0.15, -0.1) is 11.3 Å². The van der Waals surface area contributed by atoms with E-state index in [1.807, 2.05) is 11.0 Å². The van der Waals surface area contributed by atoms with Crippen LogP contribution in [0.1, 0.15) is 55.1 Å². The highest BCUT2D eigenvalue weighted by molar-refractivity contribution is 9.13. The number of carbonyl (C=O) groups is 1. The highest BCUT2D eigenvalue weighted by Gasteiger charge is 2.18. The van der Waals surface area contributed by atoms with Gasteiger partial charge in [0.2, 0.25) is 0 Å². The monoisotopic (exact) mass is 439 g/mol. The maximum absolute atomic E-state index is 12.5. The van der Waals surface area contributed by atoms with Crippen LogP contribution in [0.25, 0.3) is 0 Å². The summed E-state index contributed by atoms with van der Waals surface area (Å²) in [6.07, 6.45) is 6.54. The van der Waals surface area contributed by atoms with Crippen LogP contribution in [0.15, 0.2) is 14.3 Å². The Morgan fingerprint density at radius 2 is 1.86 bits per heavy atom. The molecule has 0 fully saturated rings. The molecule has 3 nitrogen and oxygen atoms in total. The van der Waals surface area contributed by atoms with E-state index in [0.717, 1.165) is 32.5 Å². The molecule has 6 heteroatoms. The summed E-state index contributed by atoms with van der Waals surface area (Å²) in [6.45, 7) is 3.72. The van der Waals surface area contributed by atoms with Gasteiger partial charge in [-0.05, 0) is 50.8 Å². The topological polar surface area (TPSA) is 40.5 Å². The maximum Gasteiger partial charge on any atom is 0.264 e. The number of hydrogen-bond donors (Lipinski definition) is 1. The summed E-state index contributed by atoms with van der Waals surface area (Å²) in [6, 6.07) is 1.86. The van der Waals surface area contributed by atoms with Crippen LogP contribution in [0.4, 0.5) is 0 Å². The van der Waals surface area contributed by atoms with Gasteiger partial charge in [0.05, 0.1) is 8.66 Å². The van der Waals surface area contributed by atoms with Gasteiger partial charge in [-0.2, -0.15) is 0 Å². The van der Waals surface area contributed by atoms with Crippen molar-refractivity contribution in [3.8, 4) is 0 Å². The second-order valence-electron chi connectivity index (χ2n) is 5.02. The number of unbranched alkanes of at least 4 members (excludes halogenated alkanes) is 4. The van der Waals surface area contributed by atoms with Crippen LogP contribution in [-0.2, 0) is 0 Å². The van der Waals surface area contributed by atoms with Crippen molar-refractivity contribution in [1.82, 2.24) is 4.90 Å². The highest BCUT2D eigenvalue weighted by Crippen LogP contribution is 2.33. The minimum Gasteiger partial charge on any atom is -0.396 e. The van der Waals surface area contributed by atoms with Crippen LogP contribution in [0, 0.1) is 0 Å². The molecule has 1 heterocycles. The summed E-state index contributed by atoms with van der Waals surface area (Å²) >= 11 is 8.30. The van der Waals surface area contributed by atoms with Crippen molar-refractivity contribution >= 4 is 49.1 Å². The van der Waals surface area contributed by atoms with Crippen LogP contribution in [-0.4, -0.2) is 35.6 Å². The molecule has 120 valence electrons. The molecule has 0 aliphatic carbocycles. The summed E-state index contributed by atoms with van der Waals surface area (Å²) < 4.78 is 1.86. The molecule has 1 rings (SSSR count). The zero-order valence-corrected chi connectivity index (χ0v) is 16.4. The van der Waals surface area contributed by atoms with E-state index in [1.165, 1.54) is 30.6 Å². The number of aliphatic hydroxyl groups is 1. The standard InChI is InChI=1S/C15H23Br2NO2S/c1-2-3-4-5-6-8-18(9-7-10-19)15(20)13-11-12(16)14(17)21-13/h11,19H,2-10H2,1H3. The summed E-state index contributed by atoms with van der Waals surface area (Å²) in [5, 5.41) is 9.01. The number of thiophene rings is 1. The zero-order valence-electron chi connectivity index (χ0n) is 12.4. The fourth-order valence-electron chi connectivity index (χ4n) is 2.09. The summed E-state index contributed by atoms with van der Waals surface area (Å²) in [4.78, 5) is 15.2. The van der Waals surface area contributed by atoms with E-state index < -0.39 is 0 Å². The summed E-state index contributed by atoms with van der Waals surface area (Å²) in [5.41, 5.74) is 0. The largest absolute Gasteiger partial charge is 0.396 e. The van der Waals surface area contributed by atoms with Gasteiger partial charge in [0.25, 0.3) is 5.91 Å². The molecule has 1 aromatic rings. The number of carbonyl (C=O) groups excluding carboxylic acids is 1. The highest BCUT2D eigenvalue weighted by atomic mass is 79.9. The molecule has 0 bridgehead atoms. The Morgan fingerprint density at radius 3 is 2.43 bits per heavy atom. The number of nitrogens with zero attached hydrogens (tertiary/aromatic N) is 1. The lowest BCUT2D eigenvalue weighted by molar-refractivity contribution is 0.0746. The molecule has 0 atom stereocenters. The van der Waals surface area contributed by atoms with Gasteiger partial charge >= 0.3 is 0 Å². The molecule has 1 aromatic heterocycles. The van der Waals surface area contributed by atoms with Crippen LogP contribution in [0.5, 0.6) is 0 Å². The molecule has 0 saturated carbocycles. The summed E-state index contributed by atoms with van der Waals surface area (Å²) in [7, 11) is 0. The molecule has 0 unspecified atom stereocenters. The predicted octanol–water partition coefficient (Wildman–Crippen LogP) is 5.07. The quantitative estimate of drug-likeness (QED) is 0.516. The zero-order chi connectivity index (χ0) is 15.7. The number of aliphatic hydroxyl groups excluding tert-OH is 1. The van der Waals surface area contributed by atoms with Crippen molar-refractivity contribution in [2.45, 2.75) is 45.4 Å². The summed E-state index contributed by atoms with van der Waals surface area (Å²) in [5.74, 6) is 0.0651. The Labute approximate surface area is 148 Å². The van der Waals surface area contributed by atoms with Crippen LogP contribution in [0.2, 0.25) is 0 Å². The van der Waals surface area contributed by atoms with E-state index in [-0.39, 0.29) is 12.5 Å². The third-order valence-corrected chi connectivity index (χ3v) is 6.51. The average molecular weight is 441 g/mol. The average Bonchev–Trinajstić information content (AvgIpc) is 2.81. The van der Waals surface area contributed by atoms with E-state index in [0.29, 0.717) is 13.0 Å². The van der Waals surface area contributed by atoms with Crippen LogP contribution in [0.3, 0.4) is 0 Å². The van der Waals surface area contributed by atoms with Crippen molar-refractivity contribution in [1.29, 1.82) is 0 Å². The van der Waals surface area contributed by atoms with Crippen molar-refractivity contribution in [2.75, 3.05) is 19.7 Å². The van der Waals surface area contributed by atoms with Gasteiger partial charge in [-0.3, -0.25) is 4.79 Å². The first-order valence-corrected chi connectivity index (χ1v) is 9.85. The normalized spacial score (nSPS) is 10.9. The van der Waals surface area contributed by atoms with Crippen molar-refractivity contribution in [3.05, 3.63) is 19.2 Å². The molecule has 0 spiro atoms. The molecule has 1 N–H and O–H groups in total. The number of rotatable bonds is 10. The Hall–Kier alpha value is 0.0900. The van der Waals surface area contributed by atoms with Gasteiger partial charge in [0.15, 0.2) is 0 Å². The first kappa shape index (κ1) is 19.1. The van der Waals surface area contributed by atoms with E-state index in [9.17, 15) is 4.79 Å². The van der Waals surface area contributed by atoms with Gasteiger partial charge in [-0.1, -0.05) is 32.6 Å². The first-order valence-electron chi connectivity index (χ1n) is 7.45. The smallest absolute Gasteiger partial charge is 0.264 e. The van der Waals surface area contributed by atoms with Gasteiger partial charge in [0.1, 0.15) is 0 Å². The third-order valence-electron chi connectivity index (χ3n) is 3.26. The fourth-order valence-corrected chi connectivity index (χ4v) is 4.09. The second kappa shape index (κ2) is 10.8. The number of halogens is 2. The molecule has 0 saturated heterocycles. The molecule has 0 aliphatic heterocycles. The minimum atomic E-state index is 0.0651. The van der Waals surface area contributed by atoms with E-state index in [1.54, 1.807) is 0 Å². The second-order valence-corrected chi connectivity index (χ2v) is 8.24. The van der Waals surface area contributed by atoms with Gasteiger partial charge in [0, 0.05) is 24.2 Å². The van der Waals surface area contributed by atoms with Gasteiger partial charge < -0.3 is 10.0 Å². The Morgan fingerprint density at radius 1 is 1.19 bits per heavy atom. The van der Waals surface area contributed by atoms with Crippen molar-refractivity contribution in [2.24, 2.45) is 0 Å². The third kappa shape index (κ3) is 6.80. The fraction of sp³-hybridized carbons (Fsp3) is 0.667. The molecule has 0 aromatic carbocycles. The first-order chi connectivity index (χ1) is 10.1. The lowest BCUT2D eigenvalue weighted by Gasteiger charge is -2.21. The maximum atomic E-state index is 12.5. The molecular weight excluding hydrogens is 418 g/mol. The van der Waals surface area contributed by atoms with E-state index >= 15 is 0 Å². The molecule has 21 heavy (non-hydrogen) atoms. The van der Waals surface area contributed by atoms with E-state index in [4.69, 9.17) is 5.11 Å². The molecule has 0 aliphatic rings. The van der Waals surface area contributed by atoms with Crippen molar-refractivity contribution < 1.29 is 9.90 Å². The molecule has 1 amide bonds.